The number of carbonyl (C=O) groups is 1. The number of azo groups is 1. The Kier molecular flexibility index (Phi) is 4.67. The Morgan fingerprint density at radius 2 is 1.66 bits per heavy atom. The lowest BCUT2D eigenvalue weighted by Gasteiger charge is -2.06. The molecule has 2 aromatic carbocycles. The highest BCUT2D eigenvalue weighted by Gasteiger charge is 2.18. The number of nitrogens with zero attached hydrogens (tertiary/aromatic N) is 5. The van der Waals surface area contributed by atoms with Crippen LogP contribution in [-0.2, 0) is 13.1 Å². The minimum Gasteiger partial charge on any atom is -0.493 e. The van der Waals surface area contributed by atoms with Crippen LogP contribution in [0.4, 0.5) is 5.69 Å². The van der Waals surface area contributed by atoms with Crippen molar-refractivity contribution in [2.24, 2.45) is 10.2 Å². The Morgan fingerprint density at radius 1 is 1.00 bits per heavy atom. The maximum atomic E-state index is 12.8. The van der Waals surface area contributed by atoms with Crippen LogP contribution >= 0.6 is 0 Å². The first-order valence-corrected chi connectivity index (χ1v) is 9.32. The molecule has 0 aliphatic carbocycles. The first-order valence-electron chi connectivity index (χ1n) is 9.32. The van der Waals surface area contributed by atoms with E-state index < -0.39 is 5.91 Å². The van der Waals surface area contributed by atoms with Crippen LogP contribution in [0.3, 0.4) is 0 Å². The Hall–Kier alpha value is -3.81. The zero-order valence-corrected chi connectivity index (χ0v) is 16.0. The van der Waals surface area contributed by atoms with Gasteiger partial charge in [0.25, 0.3) is 5.56 Å². The third-order valence-electron chi connectivity index (χ3n) is 4.84. The molecule has 0 saturated carbocycles. The number of aromatic nitrogens is 3. The van der Waals surface area contributed by atoms with Gasteiger partial charge in [0.1, 0.15) is 0 Å². The van der Waals surface area contributed by atoms with E-state index in [1.807, 2.05) is 31.2 Å². The summed E-state index contributed by atoms with van der Waals surface area (Å²) in [7, 11) is 0. The van der Waals surface area contributed by atoms with Crippen LogP contribution in [0.15, 0.2) is 63.6 Å². The Bertz CT molecular complexity index is 1330. The van der Waals surface area contributed by atoms with Gasteiger partial charge in [0, 0.05) is 23.9 Å². The van der Waals surface area contributed by atoms with Gasteiger partial charge in [-0.05, 0) is 26.0 Å². The van der Waals surface area contributed by atoms with E-state index in [4.69, 9.17) is 0 Å². The molecule has 1 amide bonds. The number of carbonyl (C=O) groups excluding carboxylic acids is 1. The van der Waals surface area contributed by atoms with Crippen LogP contribution < -0.4 is 5.56 Å². The summed E-state index contributed by atoms with van der Waals surface area (Å²) in [6, 6.07) is 14.1. The second kappa shape index (κ2) is 7.31. The summed E-state index contributed by atoms with van der Waals surface area (Å²) in [6.45, 7) is 4.55. The van der Waals surface area contributed by atoms with Crippen LogP contribution in [0.5, 0.6) is 5.88 Å². The molecule has 0 unspecified atom stereocenters. The van der Waals surface area contributed by atoms with Gasteiger partial charge in [-0.1, -0.05) is 36.4 Å². The molecule has 4 rings (SSSR count). The first-order chi connectivity index (χ1) is 14.1. The largest absolute Gasteiger partial charge is 0.493 e. The highest BCUT2D eigenvalue weighted by Crippen LogP contribution is 2.38. The standard InChI is InChI=1S/C21H19N5O3/c1-3-25-16-12-8-7-11-15(16)18(21(25)29)22-23-19(27)17-13-9-5-6-10-14(13)20(28)26(4-2)24-17/h5-12,29H,3-4H2,1-2H3. The zero-order chi connectivity index (χ0) is 20.5. The molecule has 0 radical (unpaired) electrons. The fraction of sp³-hybridized carbons (Fsp3) is 0.190. The third-order valence-corrected chi connectivity index (χ3v) is 4.84. The lowest BCUT2D eigenvalue weighted by atomic mass is 10.1. The van der Waals surface area contributed by atoms with Gasteiger partial charge in [-0.2, -0.15) is 5.10 Å². The Labute approximate surface area is 165 Å². The van der Waals surface area contributed by atoms with Gasteiger partial charge < -0.3 is 9.67 Å². The summed E-state index contributed by atoms with van der Waals surface area (Å²) in [5.74, 6) is -0.738. The second-order valence-corrected chi connectivity index (χ2v) is 6.45. The summed E-state index contributed by atoms with van der Waals surface area (Å²) < 4.78 is 2.92. The summed E-state index contributed by atoms with van der Waals surface area (Å²) in [5.41, 5.74) is 0.811. The van der Waals surface area contributed by atoms with Crippen molar-refractivity contribution in [3.05, 3.63) is 64.6 Å². The molecule has 1 N–H and O–H groups in total. The van der Waals surface area contributed by atoms with Crippen LogP contribution in [0.2, 0.25) is 0 Å². The van der Waals surface area contributed by atoms with Gasteiger partial charge in [0.2, 0.25) is 5.88 Å². The Morgan fingerprint density at radius 3 is 2.34 bits per heavy atom. The van der Waals surface area contributed by atoms with Crippen LogP contribution in [0.1, 0.15) is 24.3 Å². The molecule has 0 bridgehead atoms. The summed E-state index contributed by atoms with van der Waals surface area (Å²) in [5, 5.41) is 24.1. The van der Waals surface area contributed by atoms with E-state index in [0.29, 0.717) is 29.2 Å². The van der Waals surface area contributed by atoms with Crippen molar-refractivity contribution >= 4 is 33.3 Å². The van der Waals surface area contributed by atoms with E-state index in [1.165, 1.54) is 4.68 Å². The maximum absolute atomic E-state index is 12.8. The molecule has 29 heavy (non-hydrogen) atoms. The van der Waals surface area contributed by atoms with Gasteiger partial charge in [0.05, 0.1) is 10.9 Å². The average Bonchev–Trinajstić information content (AvgIpc) is 3.03. The van der Waals surface area contributed by atoms with E-state index in [0.717, 1.165) is 5.52 Å². The first kappa shape index (κ1) is 18.5. The van der Waals surface area contributed by atoms with Crippen LogP contribution in [0.25, 0.3) is 21.7 Å². The second-order valence-electron chi connectivity index (χ2n) is 6.45. The molecule has 0 aliphatic heterocycles. The molecular weight excluding hydrogens is 370 g/mol. The van der Waals surface area contributed by atoms with Crippen molar-refractivity contribution < 1.29 is 9.90 Å². The van der Waals surface area contributed by atoms with Crippen molar-refractivity contribution in [1.29, 1.82) is 0 Å². The number of amides is 1. The number of hydrogen-bond donors (Lipinski definition) is 1. The predicted octanol–water partition coefficient (Wildman–Crippen LogP) is 4.02. The van der Waals surface area contributed by atoms with Gasteiger partial charge >= 0.3 is 5.91 Å². The molecule has 146 valence electrons. The molecular formula is C21H19N5O3. The van der Waals surface area contributed by atoms with E-state index in [2.05, 4.69) is 15.3 Å². The molecule has 2 aromatic heterocycles. The number of aromatic hydroxyl groups is 1. The number of aryl methyl sites for hydroxylation is 2. The highest BCUT2D eigenvalue weighted by molar-refractivity contribution is 6.05. The molecule has 8 nitrogen and oxygen atoms in total. The molecule has 8 heteroatoms. The average molecular weight is 389 g/mol. The summed E-state index contributed by atoms with van der Waals surface area (Å²) in [6.07, 6.45) is 0. The highest BCUT2D eigenvalue weighted by atomic mass is 16.3. The van der Waals surface area contributed by atoms with Crippen LogP contribution in [-0.4, -0.2) is 25.4 Å². The smallest absolute Gasteiger partial charge is 0.316 e. The monoisotopic (exact) mass is 389 g/mol. The lowest BCUT2D eigenvalue weighted by Crippen LogP contribution is -2.24. The number of rotatable bonds is 4. The minimum atomic E-state index is -0.684. The molecule has 0 spiro atoms. The Balaban J connectivity index is 1.83. The van der Waals surface area contributed by atoms with Gasteiger partial charge in [0.15, 0.2) is 11.4 Å². The third kappa shape index (κ3) is 2.98. The summed E-state index contributed by atoms with van der Waals surface area (Å²) >= 11 is 0. The summed E-state index contributed by atoms with van der Waals surface area (Å²) in [4.78, 5) is 25.2. The lowest BCUT2D eigenvalue weighted by molar-refractivity contribution is 0.0990. The maximum Gasteiger partial charge on any atom is 0.316 e. The zero-order valence-electron chi connectivity index (χ0n) is 16.0. The van der Waals surface area contributed by atoms with Crippen molar-refractivity contribution in [3.8, 4) is 5.88 Å². The van der Waals surface area contributed by atoms with Crippen molar-refractivity contribution in [3.63, 3.8) is 0 Å². The number of benzene rings is 2. The minimum absolute atomic E-state index is 0.0459. The van der Waals surface area contributed by atoms with E-state index in [1.54, 1.807) is 35.8 Å². The molecule has 0 saturated heterocycles. The predicted molar refractivity (Wildman–Crippen MR) is 110 cm³/mol. The molecule has 4 aromatic rings. The van der Waals surface area contributed by atoms with Gasteiger partial charge in [-0.3, -0.25) is 9.59 Å². The topological polar surface area (TPSA) is 102 Å². The van der Waals surface area contributed by atoms with Gasteiger partial charge in [-0.25, -0.2) is 4.68 Å². The molecule has 0 atom stereocenters. The number of para-hydroxylation sites is 1. The molecule has 0 aliphatic rings. The number of hydrogen-bond acceptors (Lipinski definition) is 5. The SMILES string of the molecule is CCn1nc(C(=O)N=Nc2c(O)n(CC)c3ccccc23)c2ccccc2c1=O. The van der Waals surface area contributed by atoms with Crippen molar-refractivity contribution in [2.45, 2.75) is 26.9 Å². The fourth-order valence-electron chi connectivity index (χ4n) is 3.44. The van der Waals surface area contributed by atoms with E-state index in [-0.39, 0.29) is 22.8 Å². The normalized spacial score (nSPS) is 11.7. The fourth-order valence-corrected chi connectivity index (χ4v) is 3.44. The van der Waals surface area contributed by atoms with Crippen molar-refractivity contribution in [2.75, 3.05) is 0 Å². The van der Waals surface area contributed by atoms with Gasteiger partial charge in [-0.15, -0.1) is 10.2 Å². The molecule has 2 heterocycles. The molecule has 0 fully saturated rings. The van der Waals surface area contributed by atoms with E-state index in [9.17, 15) is 14.7 Å². The van der Waals surface area contributed by atoms with E-state index >= 15 is 0 Å². The van der Waals surface area contributed by atoms with Crippen LogP contribution in [0, 0.1) is 0 Å². The number of fused-ring (bicyclic) bond motifs is 2. The quantitative estimate of drug-likeness (QED) is 0.533. The van der Waals surface area contributed by atoms with Crippen molar-refractivity contribution in [1.82, 2.24) is 14.3 Å².